The molecule has 3 rings (SSSR count). The molecule has 122 valence electrons. The number of aliphatic hydroxyl groups excluding tert-OH is 1. The van der Waals surface area contributed by atoms with E-state index in [4.69, 9.17) is 0 Å². The van der Waals surface area contributed by atoms with Gasteiger partial charge in [-0.15, -0.1) is 0 Å². The van der Waals surface area contributed by atoms with E-state index in [2.05, 4.69) is 24.1 Å². The number of hydrogen-bond donors (Lipinski definition) is 1. The molecule has 0 bridgehead atoms. The number of likely N-dealkylation sites (N-methyl/N-ethyl adjacent to an activating group) is 1. The number of hydrogen-bond acceptors (Lipinski definition) is 4. The van der Waals surface area contributed by atoms with Crippen LogP contribution in [0.1, 0.15) is 24.8 Å². The fourth-order valence-electron chi connectivity index (χ4n) is 3.80. The van der Waals surface area contributed by atoms with E-state index < -0.39 is 0 Å². The Morgan fingerprint density at radius 2 is 2.18 bits per heavy atom. The molecule has 1 aromatic heterocycles. The molecule has 2 fully saturated rings. The van der Waals surface area contributed by atoms with Crippen LogP contribution in [0, 0.1) is 5.92 Å². The molecule has 1 amide bonds. The van der Waals surface area contributed by atoms with Gasteiger partial charge < -0.3 is 14.9 Å². The second-order valence-corrected chi connectivity index (χ2v) is 6.97. The highest BCUT2D eigenvalue weighted by Crippen LogP contribution is 2.33. The van der Waals surface area contributed by atoms with Gasteiger partial charge in [0.15, 0.2) is 0 Å². The molecule has 6 heteroatoms. The zero-order valence-electron chi connectivity index (χ0n) is 13.6. The van der Waals surface area contributed by atoms with Crippen molar-refractivity contribution >= 4 is 5.91 Å². The summed E-state index contributed by atoms with van der Waals surface area (Å²) < 4.78 is 1.81. The summed E-state index contributed by atoms with van der Waals surface area (Å²) in [5.74, 6) is 0.246. The smallest absolute Gasteiger partial charge is 0.226 e. The van der Waals surface area contributed by atoms with Gasteiger partial charge in [-0.1, -0.05) is 0 Å². The Morgan fingerprint density at radius 3 is 2.73 bits per heavy atom. The maximum atomic E-state index is 12.7. The Morgan fingerprint density at radius 1 is 1.45 bits per heavy atom. The molecule has 0 radical (unpaired) electrons. The average molecular weight is 306 g/mol. The first kappa shape index (κ1) is 15.5. The summed E-state index contributed by atoms with van der Waals surface area (Å²) >= 11 is 0. The van der Waals surface area contributed by atoms with Crippen LogP contribution in [0.4, 0.5) is 0 Å². The number of aliphatic hydroxyl groups is 1. The van der Waals surface area contributed by atoms with Crippen LogP contribution in [-0.4, -0.2) is 69.4 Å². The number of likely N-dealkylation sites (tertiary alicyclic amines) is 1. The van der Waals surface area contributed by atoms with Crippen LogP contribution in [-0.2, 0) is 18.3 Å². The van der Waals surface area contributed by atoms with Crippen LogP contribution in [0.2, 0.25) is 0 Å². The average Bonchev–Trinajstić information content (AvgIpc) is 3.01. The summed E-state index contributed by atoms with van der Waals surface area (Å²) in [5, 5.41) is 13.7. The Labute approximate surface area is 131 Å². The largest absolute Gasteiger partial charge is 0.393 e. The molecule has 2 atom stereocenters. The lowest BCUT2D eigenvalue weighted by molar-refractivity contribution is -0.143. The molecule has 0 unspecified atom stereocenters. The Bertz CT molecular complexity index is 536. The van der Waals surface area contributed by atoms with Gasteiger partial charge in [-0.25, -0.2) is 0 Å². The maximum Gasteiger partial charge on any atom is 0.226 e. The van der Waals surface area contributed by atoms with E-state index >= 15 is 0 Å². The highest BCUT2D eigenvalue weighted by atomic mass is 16.3. The molecule has 0 aromatic carbocycles. The van der Waals surface area contributed by atoms with E-state index in [1.165, 1.54) is 5.56 Å². The first-order valence-corrected chi connectivity index (χ1v) is 8.08. The predicted molar refractivity (Wildman–Crippen MR) is 83.2 cm³/mol. The van der Waals surface area contributed by atoms with E-state index in [-0.39, 0.29) is 24.0 Å². The van der Waals surface area contributed by atoms with Crippen molar-refractivity contribution in [2.75, 3.05) is 20.6 Å². The third-order valence-electron chi connectivity index (χ3n) is 5.12. The number of aromatic nitrogens is 2. The van der Waals surface area contributed by atoms with Crippen molar-refractivity contribution in [3.8, 4) is 0 Å². The SMILES string of the molecule is CN(C)[C@@H]1CCN(C(=O)C2CC(O)C2)[C@H]1Cc1cnn(C)c1. The second-order valence-electron chi connectivity index (χ2n) is 6.97. The summed E-state index contributed by atoms with van der Waals surface area (Å²) in [7, 11) is 6.09. The van der Waals surface area contributed by atoms with Crippen molar-refractivity contribution in [2.45, 2.75) is 43.9 Å². The molecule has 1 aliphatic carbocycles. The molecule has 1 aromatic rings. The van der Waals surface area contributed by atoms with Crippen molar-refractivity contribution in [1.29, 1.82) is 0 Å². The molecule has 1 saturated carbocycles. The van der Waals surface area contributed by atoms with Crippen LogP contribution in [0.3, 0.4) is 0 Å². The van der Waals surface area contributed by atoms with Gasteiger partial charge in [0.1, 0.15) is 0 Å². The zero-order valence-corrected chi connectivity index (χ0v) is 13.6. The molecule has 1 saturated heterocycles. The lowest BCUT2D eigenvalue weighted by Gasteiger charge is -2.37. The number of rotatable bonds is 4. The van der Waals surface area contributed by atoms with E-state index in [1.54, 1.807) is 0 Å². The number of carbonyl (C=O) groups excluding carboxylic acids is 1. The molecule has 22 heavy (non-hydrogen) atoms. The molecule has 1 N–H and O–H groups in total. The molecular weight excluding hydrogens is 280 g/mol. The first-order valence-electron chi connectivity index (χ1n) is 8.08. The van der Waals surface area contributed by atoms with E-state index in [1.807, 2.05) is 29.0 Å². The van der Waals surface area contributed by atoms with Crippen LogP contribution < -0.4 is 0 Å². The van der Waals surface area contributed by atoms with Crippen LogP contribution in [0.5, 0.6) is 0 Å². The van der Waals surface area contributed by atoms with E-state index in [0.29, 0.717) is 18.9 Å². The molecule has 1 aliphatic heterocycles. The highest BCUT2D eigenvalue weighted by molar-refractivity contribution is 5.80. The van der Waals surface area contributed by atoms with Crippen LogP contribution in [0.25, 0.3) is 0 Å². The monoisotopic (exact) mass is 306 g/mol. The lowest BCUT2D eigenvalue weighted by atomic mass is 9.81. The minimum absolute atomic E-state index is 0.0207. The summed E-state index contributed by atoms with van der Waals surface area (Å²) in [5.41, 5.74) is 1.17. The quantitative estimate of drug-likeness (QED) is 0.867. The van der Waals surface area contributed by atoms with E-state index in [0.717, 1.165) is 19.4 Å². The van der Waals surface area contributed by atoms with Gasteiger partial charge in [-0.2, -0.15) is 5.10 Å². The summed E-state index contributed by atoms with van der Waals surface area (Å²) in [6.07, 6.45) is 6.75. The van der Waals surface area contributed by atoms with E-state index in [9.17, 15) is 9.90 Å². The fourth-order valence-corrected chi connectivity index (χ4v) is 3.80. The Hall–Kier alpha value is -1.40. The van der Waals surface area contributed by atoms with Crippen molar-refractivity contribution in [3.05, 3.63) is 18.0 Å². The second kappa shape index (κ2) is 6.01. The Kier molecular flexibility index (Phi) is 4.23. The summed E-state index contributed by atoms with van der Waals surface area (Å²) in [6, 6.07) is 0.582. The minimum Gasteiger partial charge on any atom is -0.393 e. The van der Waals surface area contributed by atoms with Gasteiger partial charge in [-0.3, -0.25) is 9.48 Å². The maximum absolute atomic E-state index is 12.7. The topological polar surface area (TPSA) is 61.6 Å². The minimum atomic E-state index is -0.280. The standard InChI is InChI=1S/C16H26N4O2/c1-18(2)14-4-5-20(16(22)12-7-13(21)8-12)15(14)6-11-9-17-19(3)10-11/h9-10,12-15,21H,4-8H2,1-3H3/t12?,13?,14-,15+/m1/s1. The highest BCUT2D eigenvalue weighted by Gasteiger charge is 2.43. The van der Waals surface area contributed by atoms with Crippen molar-refractivity contribution in [3.63, 3.8) is 0 Å². The third kappa shape index (κ3) is 2.90. The third-order valence-corrected chi connectivity index (χ3v) is 5.12. The fraction of sp³-hybridized carbons (Fsp3) is 0.750. The van der Waals surface area contributed by atoms with Gasteiger partial charge >= 0.3 is 0 Å². The lowest BCUT2D eigenvalue weighted by Crippen LogP contribution is -2.50. The summed E-state index contributed by atoms with van der Waals surface area (Å²) in [4.78, 5) is 17.0. The molecule has 0 spiro atoms. The number of nitrogens with zero attached hydrogens (tertiary/aromatic N) is 4. The Balaban J connectivity index is 1.74. The molecule has 6 nitrogen and oxygen atoms in total. The summed E-state index contributed by atoms with van der Waals surface area (Å²) in [6.45, 7) is 0.819. The van der Waals surface area contributed by atoms with Gasteiger partial charge in [0.2, 0.25) is 5.91 Å². The van der Waals surface area contributed by atoms with Gasteiger partial charge in [-0.05, 0) is 45.3 Å². The molecular formula is C16H26N4O2. The molecule has 2 heterocycles. The predicted octanol–water partition coefficient (Wildman–Crippen LogP) is 0.265. The first-order chi connectivity index (χ1) is 10.5. The van der Waals surface area contributed by atoms with Gasteiger partial charge in [0.05, 0.1) is 18.3 Å². The van der Waals surface area contributed by atoms with Gasteiger partial charge in [0, 0.05) is 31.7 Å². The number of aryl methyl sites for hydroxylation is 1. The van der Waals surface area contributed by atoms with Crippen molar-refractivity contribution in [1.82, 2.24) is 19.6 Å². The van der Waals surface area contributed by atoms with Crippen LogP contribution >= 0.6 is 0 Å². The normalized spacial score (nSPS) is 31.6. The molecule has 2 aliphatic rings. The van der Waals surface area contributed by atoms with Crippen LogP contribution in [0.15, 0.2) is 12.4 Å². The number of amides is 1. The number of carbonyl (C=O) groups is 1. The zero-order chi connectivity index (χ0) is 15.9. The van der Waals surface area contributed by atoms with Crippen molar-refractivity contribution < 1.29 is 9.90 Å². The van der Waals surface area contributed by atoms with Crippen molar-refractivity contribution in [2.24, 2.45) is 13.0 Å². The van der Waals surface area contributed by atoms with Gasteiger partial charge in [0.25, 0.3) is 0 Å².